The third kappa shape index (κ3) is 14.0. The molecule has 2 rings (SSSR count). The highest BCUT2D eigenvalue weighted by Crippen LogP contribution is 2.14. The molecule has 4 N–H and O–H groups in total. The molecule has 0 heterocycles. The lowest BCUT2D eigenvalue weighted by Gasteiger charge is -2.22. The quantitative estimate of drug-likeness (QED) is 0.414. The highest BCUT2D eigenvalue weighted by atomic mass is 31.2. The number of hydrogen-bond donors (Lipinski definition) is 4. The molecule has 0 atom stereocenters. The van der Waals surface area contributed by atoms with Crippen LogP contribution in [0.15, 0.2) is 48.5 Å². The minimum Gasteiger partial charge on any atom is -0.811 e. The summed E-state index contributed by atoms with van der Waals surface area (Å²) in [5.74, 6) is 0.677. The summed E-state index contributed by atoms with van der Waals surface area (Å²) in [6.07, 6.45) is 0. The molecule has 0 radical (unpaired) electrons. The topological polar surface area (TPSA) is 144 Å². The molecule has 21 heavy (non-hydrogen) atoms. The Hall–Kier alpha value is -2.21. The summed E-state index contributed by atoms with van der Waals surface area (Å²) in [7, 11) is -4.14. The normalized spacial score (nSPS) is 9.67. The number of aromatic hydroxyl groups is 4. The second-order valence-electron chi connectivity index (χ2n) is 3.80. The van der Waals surface area contributed by atoms with E-state index in [-0.39, 0.29) is 23.0 Å². The Kier molecular flexibility index (Phi) is 7.93. The van der Waals surface area contributed by atoms with Gasteiger partial charge in [0.25, 0.3) is 0 Å². The van der Waals surface area contributed by atoms with Crippen molar-refractivity contribution >= 4 is 7.60 Å². The van der Waals surface area contributed by atoms with Crippen molar-refractivity contribution < 1.29 is 34.8 Å². The van der Waals surface area contributed by atoms with E-state index in [2.05, 4.69) is 0 Å². The average molecular weight is 314 g/mol. The van der Waals surface area contributed by atoms with Crippen LogP contribution < -0.4 is 9.79 Å². The fourth-order valence-electron chi connectivity index (χ4n) is 0.905. The Labute approximate surface area is 121 Å². The monoisotopic (exact) mass is 314 g/mol. The Balaban J connectivity index is 0.000000296. The lowest BCUT2D eigenvalue weighted by molar-refractivity contribution is -0.311. The predicted molar refractivity (Wildman–Crippen MR) is 73.1 cm³/mol. The van der Waals surface area contributed by atoms with Crippen LogP contribution in [0, 0.1) is 0 Å². The highest BCUT2D eigenvalue weighted by molar-refractivity contribution is 7.47. The Morgan fingerprint density at radius 1 is 0.667 bits per heavy atom. The third-order valence-electron chi connectivity index (χ3n) is 1.70. The van der Waals surface area contributed by atoms with E-state index in [4.69, 9.17) is 34.8 Å². The van der Waals surface area contributed by atoms with Gasteiger partial charge in [0.1, 0.15) is 23.0 Å². The lowest BCUT2D eigenvalue weighted by atomic mass is 10.3. The number of phenols is 4. The van der Waals surface area contributed by atoms with Gasteiger partial charge in [0.05, 0.1) is 0 Å². The predicted octanol–water partition coefficient (Wildman–Crippen LogP) is 0.725. The molecule has 0 saturated carbocycles. The number of phenolic OH excluding ortho intramolecular Hbond substituents is 4. The first-order chi connectivity index (χ1) is 9.58. The Morgan fingerprint density at radius 2 is 0.762 bits per heavy atom. The van der Waals surface area contributed by atoms with Crippen molar-refractivity contribution in [1.29, 1.82) is 0 Å². The van der Waals surface area contributed by atoms with Crippen LogP contribution in [0.3, 0.4) is 0 Å². The van der Waals surface area contributed by atoms with Gasteiger partial charge in [-0.3, -0.25) is 0 Å². The van der Waals surface area contributed by atoms with Gasteiger partial charge >= 0.3 is 0 Å². The number of hydrogen-bond acceptors (Lipinski definition) is 7. The molecule has 116 valence electrons. The molecule has 0 bridgehead atoms. The zero-order chi connectivity index (χ0) is 16.5. The van der Waals surface area contributed by atoms with Crippen molar-refractivity contribution in [3.8, 4) is 23.0 Å². The zero-order valence-corrected chi connectivity index (χ0v) is 12.0. The zero-order valence-electron chi connectivity index (χ0n) is 11.1. The first kappa shape index (κ1) is 18.8. The maximum atomic E-state index is 9.10. The highest BCUT2D eigenvalue weighted by Gasteiger charge is 1.85. The van der Waals surface area contributed by atoms with E-state index in [0.29, 0.717) is 6.66 Å². The minimum absolute atomic E-state index is 0.169. The van der Waals surface area contributed by atoms with Crippen molar-refractivity contribution in [2.45, 2.75) is 0 Å². The van der Waals surface area contributed by atoms with Gasteiger partial charge in [0.15, 0.2) is 0 Å². The van der Waals surface area contributed by atoms with E-state index in [9.17, 15) is 0 Å². The van der Waals surface area contributed by atoms with Crippen LogP contribution in [-0.4, -0.2) is 27.1 Å². The van der Waals surface area contributed by atoms with Gasteiger partial charge in [-0.15, -0.1) is 0 Å². The minimum atomic E-state index is -4.14. The van der Waals surface area contributed by atoms with Crippen molar-refractivity contribution in [1.82, 2.24) is 0 Å². The van der Waals surface area contributed by atoms with Crippen LogP contribution in [-0.2, 0) is 4.57 Å². The van der Waals surface area contributed by atoms with Gasteiger partial charge in [0.2, 0.25) is 0 Å². The summed E-state index contributed by atoms with van der Waals surface area (Å²) >= 11 is 0. The van der Waals surface area contributed by atoms with Crippen LogP contribution in [0.2, 0.25) is 0 Å². The maximum Gasteiger partial charge on any atom is 0.115 e. The molecular formula is C13H15O7P-2. The summed E-state index contributed by atoms with van der Waals surface area (Å²) in [5.41, 5.74) is 0. The fourth-order valence-corrected chi connectivity index (χ4v) is 0.905. The molecule has 0 fully saturated rings. The van der Waals surface area contributed by atoms with Gasteiger partial charge in [0, 0.05) is 0 Å². The molecule has 8 heteroatoms. The van der Waals surface area contributed by atoms with E-state index in [0.717, 1.165) is 0 Å². The van der Waals surface area contributed by atoms with Crippen LogP contribution >= 0.6 is 7.60 Å². The summed E-state index contributed by atoms with van der Waals surface area (Å²) in [4.78, 5) is 18.2. The van der Waals surface area contributed by atoms with Crippen LogP contribution in [0.25, 0.3) is 0 Å². The van der Waals surface area contributed by atoms with E-state index in [1.807, 2.05) is 0 Å². The largest absolute Gasteiger partial charge is 0.811 e. The van der Waals surface area contributed by atoms with E-state index < -0.39 is 7.60 Å². The van der Waals surface area contributed by atoms with E-state index in [1.165, 1.54) is 48.5 Å². The first-order valence-electron chi connectivity index (χ1n) is 5.53. The van der Waals surface area contributed by atoms with E-state index in [1.54, 1.807) is 0 Å². The van der Waals surface area contributed by atoms with Gasteiger partial charge in [-0.25, -0.2) is 0 Å². The van der Waals surface area contributed by atoms with Crippen LogP contribution in [0.5, 0.6) is 23.0 Å². The van der Waals surface area contributed by atoms with E-state index >= 15 is 0 Å². The van der Waals surface area contributed by atoms with Gasteiger partial charge < -0.3 is 34.8 Å². The number of rotatable bonds is 0. The fraction of sp³-hybridized carbons (Fsp3) is 0.0769. The summed E-state index contributed by atoms with van der Waals surface area (Å²) in [6.45, 7) is 0.632. The summed E-state index contributed by atoms with van der Waals surface area (Å²) in [6, 6.07) is 11.4. The summed E-state index contributed by atoms with van der Waals surface area (Å²) < 4.78 is 9.10. The smallest absolute Gasteiger partial charge is 0.115 e. The molecule has 0 unspecified atom stereocenters. The summed E-state index contributed by atoms with van der Waals surface area (Å²) in [5, 5.41) is 34.6. The van der Waals surface area contributed by atoms with Crippen molar-refractivity contribution in [3.05, 3.63) is 48.5 Å². The molecule has 2 aromatic carbocycles. The maximum absolute atomic E-state index is 9.10. The standard InChI is InChI=1S/2C6H6O2.CH5O3P/c2*7-5-1-2-6(8)4-3-5;1-5(2,3)4/h2*1-4,7-8H;1H3,(H2,2,3,4)/p-2. The van der Waals surface area contributed by atoms with Gasteiger partial charge in [-0.2, -0.15) is 0 Å². The molecule has 0 spiro atoms. The van der Waals surface area contributed by atoms with Crippen molar-refractivity contribution in [2.75, 3.05) is 6.66 Å². The Morgan fingerprint density at radius 3 is 0.857 bits per heavy atom. The molecular weight excluding hydrogens is 299 g/mol. The van der Waals surface area contributed by atoms with Crippen LogP contribution in [0.1, 0.15) is 0 Å². The molecule has 0 aliphatic carbocycles. The molecule has 2 aromatic rings. The van der Waals surface area contributed by atoms with Crippen molar-refractivity contribution in [2.24, 2.45) is 0 Å². The third-order valence-corrected chi connectivity index (χ3v) is 1.70. The lowest BCUT2D eigenvalue weighted by Crippen LogP contribution is -2.10. The molecule has 0 saturated heterocycles. The first-order valence-corrected chi connectivity index (χ1v) is 7.52. The van der Waals surface area contributed by atoms with Gasteiger partial charge in [-0.05, 0) is 55.2 Å². The Bertz CT molecular complexity index is 466. The average Bonchev–Trinajstić information content (AvgIpc) is 2.35. The SMILES string of the molecule is CP(=O)([O-])[O-].Oc1ccc(O)cc1.Oc1ccc(O)cc1. The second kappa shape index (κ2) is 8.86. The molecule has 0 amide bonds. The van der Waals surface area contributed by atoms with Crippen molar-refractivity contribution in [3.63, 3.8) is 0 Å². The molecule has 0 aromatic heterocycles. The van der Waals surface area contributed by atoms with Gasteiger partial charge in [-0.1, -0.05) is 7.60 Å². The molecule has 0 aliphatic rings. The second-order valence-corrected chi connectivity index (χ2v) is 5.35. The van der Waals surface area contributed by atoms with Crippen LogP contribution in [0.4, 0.5) is 0 Å². The number of benzene rings is 2. The molecule has 7 nitrogen and oxygen atoms in total. The molecule has 0 aliphatic heterocycles.